The van der Waals surface area contributed by atoms with Gasteiger partial charge in [0.15, 0.2) is 12.3 Å². The molecule has 2 aromatic heterocycles. The number of nitrogens with two attached hydrogens (primary N) is 1. The van der Waals surface area contributed by atoms with Gasteiger partial charge in [0.1, 0.15) is 5.56 Å². The molecular weight excluding hydrogens is 481 g/mol. The van der Waals surface area contributed by atoms with Crippen LogP contribution in [0.15, 0.2) is 18.2 Å². The monoisotopic (exact) mass is 500 g/mol. The Hall–Kier alpha value is -3.18. The number of benzene rings is 1. The molecule has 0 aliphatic heterocycles. The van der Waals surface area contributed by atoms with Gasteiger partial charge in [-0.3, -0.25) is 9.59 Å². The van der Waals surface area contributed by atoms with Gasteiger partial charge in [-0.05, 0) is 17.7 Å². The molecule has 33 heavy (non-hydrogen) atoms. The minimum Gasteiger partial charge on any atom is -0.471 e. The number of nitrogens with one attached hydrogen (secondary N) is 3. The number of H-pyrrole nitrogens is 1. The Morgan fingerprint density at radius 2 is 1.97 bits per heavy atom. The molecule has 0 aliphatic carbocycles. The number of anilines is 2. The smallest absolute Gasteiger partial charge is 0.272 e. The van der Waals surface area contributed by atoms with Crippen molar-refractivity contribution in [3.8, 4) is 5.88 Å². The van der Waals surface area contributed by atoms with Gasteiger partial charge in [0, 0.05) is 12.5 Å². The van der Waals surface area contributed by atoms with Gasteiger partial charge >= 0.3 is 0 Å². The molecule has 176 valence electrons. The van der Waals surface area contributed by atoms with Gasteiger partial charge in [-0.25, -0.2) is 8.78 Å². The average molecular weight is 501 g/mol. The highest BCUT2D eigenvalue weighted by molar-refractivity contribution is 6.39. The van der Waals surface area contributed by atoms with Crippen LogP contribution in [0.3, 0.4) is 0 Å². The Bertz CT molecular complexity index is 1200. The minimum absolute atomic E-state index is 0.0827. The average Bonchev–Trinajstić information content (AvgIpc) is 3.14. The number of fused-ring (bicyclic) bond motifs is 1. The third-order valence-corrected chi connectivity index (χ3v) is 5.19. The van der Waals surface area contributed by atoms with Crippen molar-refractivity contribution in [2.75, 3.05) is 11.9 Å². The highest BCUT2D eigenvalue weighted by Crippen LogP contribution is 2.35. The van der Waals surface area contributed by atoms with E-state index in [-0.39, 0.29) is 51.5 Å². The van der Waals surface area contributed by atoms with Crippen molar-refractivity contribution in [1.29, 1.82) is 0 Å². The molecule has 0 radical (unpaired) electrons. The van der Waals surface area contributed by atoms with E-state index in [9.17, 15) is 18.4 Å². The summed E-state index contributed by atoms with van der Waals surface area (Å²) in [6, 6.07) is 4.59. The summed E-state index contributed by atoms with van der Waals surface area (Å²) >= 11 is 12.8. The Labute approximate surface area is 197 Å². The van der Waals surface area contributed by atoms with Gasteiger partial charge in [-0.2, -0.15) is 9.97 Å². The molecule has 0 unspecified atom stereocenters. The van der Waals surface area contributed by atoms with Crippen LogP contribution in [0.5, 0.6) is 5.88 Å². The standard InChI is InChI=1S/C20H20Cl2F2N6O3/c1-8(2)18(32)26-6-9-3-4-11(21)15(14(9)22)28-20-27-12-5-10(16(25)31)19(29-17(12)30-20)33-7-13(23)24/h3-5,8,13H,6-7H2,1-2H3,(H2,25,31)(H,26,32)(H2,27,28,29,30). The predicted molar refractivity (Wildman–Crippen MR) is 120 cm³/mol. The quantitative estimate of drug-likeness (QED) is 0.350. The molecule has 2 heterocycles. The van der Waals surface area contributed by atoms with Crippen molar-refractivity contribution >= 4 is 57.8 Å². The molecule has 2 amide bonds. The van der Waals surface area contributed by atoms with Crippen LogP contribution in [0.25, 0.3) is 11.2 Å². The molecule has 0 spiro atoms. The fraction of sp³-hybridized carbons (Fsp3) is 0.300. The number of rotatable bonds is 9. The van der Waals surface area contributed by atoms with E-state index in [0.29, 0.717) is 16.8 Å². The second-order valence-corrected chi connectivity index (χ2v) is 8.04. The summed E-state index contributed by atoms with van der Waals surface area (Å²) in [4.78, 5) is 34.7. The van der Waals surface area contributed by atoms with Crippen molar-refractivity contribution in [1.82, 2.24) is 20.3 Å². The molecule has 5 N–H and O–H groups in total. The SMILES string of the molecule is CC(C)C(=O)NCc1ccc(Cl)c(Nc2nc3nc(OCC(F)F)c(C(N)=O)cc3[nH]2)c1Cl. The minimum atomic E-state index is -2.76. The van der Waals surface area contributed by atoms with Crippen LogP contribution in [0.2, 0.25) is 10.0 Å². The number of ether oxygens (including phenoxy) is 1. The topological polar surface area (TPSA) is 135 Å². The first-order valence-electron chi connectivity index (χ1n) is 9.70. The third-order valence-electron chi connectivity index (χ3n) is 4.44. The summed E-state index contributed by atoms with van der Waals surface area (Å²) in [5.41, 5.74) is 6.43. The lowest BCUT2D eigenvalue weighted by Gasteiger charge is -2.13. The van der Waals surface area contributed by atoms with Crippen molar-refractivity contribution in [3.05, 3.63) is 39.4 Å². The number of nitrogens with zero attached hydrogens (tertiary/aromatic N) is 2. The number of halogens is 4. The molecule has 0 aliphatic rings. The summed E-state index contributed by atoms with van der Waals surface area (Å²) in [7, 11) is 0. The van der Waals surface area contributed by atoms with Crippen LogP contribution >= 0.6 is 23.2 Å². The molecule has 3 rings (SSSR count). The third kappa shape index (κ3) is 5.79. The van der Waals surface area contributed by atoms with Crippen molar-refractivity contribution in [2.24, 2.45) is 11.7 Å². The van der Waals surface area contributed by atoms with E-state index in [2.05, 4.69) is 25.6 Å². The van der Waals surface area contributed by atoms with Crippen LogP contribution in [-0.4, -0.2) is 39.8 Å². The van der Waals surface area contributed by atoms with Gasteiger partial charge in [0.25, 0.3) is 12.3 Å². The van der Waals surface area contributed by atoms with Gasteiger partial charge in [-0.15, -0.1) is 0 Å². The van der Waals surface area contributed by atoms with Crippen molar-refractivity contribution < 1.29 is 23.1 Å². The summed E-state index contributed by atoms with van der Waals surface area (Å²) in [6.07, 6.45) is -2.76. The number of imidazole rings is 1. The van der Waals surface area contributed by atoms with E-state index in [1.54, 1.807) is 26.0 Å². The zero-order valence-corrected chi connectivity index (χ0v) is 19.0. The first-order valence-corrected chi connectivity index (χ1v) is 10.5. The number of primary amides is 1. The number of amides is 2. The first-order chi connectivity index (χ1) is 15.6. The normalized spacial score (nSPS) is 11.3. The number of carbonyl (C=O) groups is 2. The number of hydrogen-bond acceptors (Lipinski definition) is 6. The molecule has 0 atom stereocenters. The van der Waals surface area contributed by atoms with Crippen LogP contribution in [-0.2, 0) is 11.3 Å². The Morgan fingerprint density at radius 1 is 1.24 bits per heavy atom. The fourth-order valence-corrected chi connectivity index (χ4v) is 3.30. The second-order valence-electron chi connectivity index (χ2n) is 7.26. The number of carbonyl (C=O) groups excluding carboxylic acids is 2. The van der Waals surface area contributed by atoms with Gasteiger partial charge in [0.05, 0.1) is 21.2 Å². The lowest BCUT2D eigenvalue weighted by Crippen LogP contribution is -2.27. The second kappa shape index (κ2) is 10.2. The van der Waals surface area contributed by atoms with Crippen LogP contribution < -0.4 is 21.1 Å². The molecular formula is C20H20Cl2F2N6O3. The van der Waals surface area contributed by atoms with Gasteiger partial charge < -0.3 is 26.1 Å². The lowest BCUT2D eigenvalue weighted by atomic mass is 10.1. The molecule has 9 nitrogen and oxygen atoms in total. The lowest BCUT2D eigenvalue weighted by molar-refractivity contribution is -0.124. The summed E-state index contributed by atoms with van der Waals surface area (Å²) in [5.74, 6) is -1.41. The number of pyridine rings is 1. The Balaban J connectivity index is 1.90. The number of hydrogen-bond donors (Lipinski definition) is 4. The maximum atomic E-state index is 12.5. The highest BCUT2D eigenvalue weighted by atomic mass is 35.5. The fourth-order valence-electron chi connectivity index (χ4n) is 2.77. The molecule has 13 heteroatoms. The molecule has 3 aromatic rings. The predicted octanol–water partition coefficient (Wildman–Crippen LogP) is 4.02. The van der Waals surface area contributed by atoms with Crippen LogP contribution in [0, 0.1) is 5.92 Å². The summed E-state index contributed by atoms with van der Waals surface area (Å²) < 4.78 is 29.9. The molecule has 0 saturated carbocycles. The van der Waals surface area contributed by atoms with E-state index in [0.717, 1.165) is 0 Å². The van der Waals surface area contributed by atoms with E-state index in [1.807, 2.05) is 0 Å². The highest BCUT2D eigenvalue weighted by Gasteiger charge is 2.19. The van der Waals surface area contributed by atoms with Crippen molar-refractivity contribution in [2.45, 2.75) is 26.8 Å². The van der Waals surface area contributed by atoms with Gasteiger partial charge in [0.2, 0.25) is 17.7 Å². The number of aromatic nitrogens is 3. The number of alkyl halides is 2. The maximum absolute atomic E-state index is 12.5. The Morgan fingerprint density at radius 3 is 2.61 bits per heavy atom. The first kappa shape index (κ1) is 24.5. The van der Waals surface area contributed by atoms with Gasteiger partial charge in [-0.1, -0.05) is 43.1 Å². The van der Waals surface area contributed by atoms with Crippen LogP contribution in [0.1, 0.15) is 29.8 Å². The van der Waals surface area contributed by atoms with E-state index in [1.165, 1.54) is 6.07 Å². The van der Waals surface area contributed by atoms with E-state index in [4.69, 9.17) is 33.7 Å². The van der Waals surface area contributed by atoms with Crippen LogP contribution in [0.4, 0.5) is 20.4 Å². The zero-order chi connectivity index (χ0) is 24.3. The maximum Gasteiger partial charge on any atom is 0.272 e. The molecule has 1 aromatic carbocycles. The zero-order valence-electron chi connectivity index (χ0n) is 17.5. The summed E-state index contributed by atoms with van der Waals surface area (Å²) in [6.45, 7) is 2.78. The van der Waals surface area contributed by atoms with E-state index >= 15 is 0 Å². The Kier molecular flexibility index (Phi) is 7.54. The molecule has 0 fully saturated rings. The summed E-state index contributed by atoms with van der Waals surface area (Å²) in [5, 5.41) is 6.26. The molecule has 0 bridgehead atoms. The molecule has 0 saturated heterocycles. The largest absolute Gasteiger partial charge is 0.471 e. The van der Waals surface area contributed by atoms with Crippen molar-refractivity contribution in [3.63, 3.8) is 0 Å². The van der Waals surface area contributed by atoms with E-state index < -0.39 is 18.9 Å². The number of aromatic amines is 1.